The van der Waals surface area contributed by atoms with Crippen LogP contribution in [0.2, 0.25) is 0 Å². The molecule has 2 rings (SSSR count). The van der Waals surface area contributed by atoms with E-state index in [1.54, 1.807) is 6.92 Å². The Morgan fingerprint density at radius 2 is 0.965 bits per heavy atom. The third-order valence-corrected chi connectivity index (χ3v) is 9.76. The van der Waals surface area contributed by atoms with Crippen molar-refractivity contribution in [2.75, 3.05) is 78.5 Å². The highest BCUT2D eigenvalue weighted by molar-refractivity contribution is 5.92. The van der Waals surface area contributed by atoms with Gasteiger partial charge in [-0.1, -0.05) is 74.5 Å². The Bertz CT molecular complexity index is 1530. The van der Waals surface area contributed by atoms with Crippen molar-refractivity contribution in [2.45, 2.75) is 78.3 Å². The molecule has 0 radical (unpaired) electrons. The average molecular weight is 794 g/mol. The monoisotopic (exact) mass is 794 g/mol. The number of nitrogens with one attached hydrogen (secondary N) is 1. The van der Waals surface area contributed by atoms with Gasteiger partial charge in [-0.15, -0.1) is 0 Å². The first-order valence-corrected chi connectivity index (χ1v) is 20.3. The molecule has 2 aromatic rings. The zero-order valence-corrected chi connectivity index (χ0v) is 34.6. The molecule has 0 aromatic heterocycles. The van der Waals surface area contributed by atoms with Crippen molar-refractivity contribution in [2.24, 2.45) is 17.2 Å². The van der Waals surface area contributed by atoms with E-state index in [0.717, 1.165) is 24.0 Å². The Morgan fingerprint density at radius 3 is 1.44 bits per heavy atom. The molecule has 2 aromatic carbocycles. The molecular weight excluding hydrogens is 727 g/mol. The molecule has 0 fully saturated rings. The summed E-state index contributed by atoms with van der Waals surface area (Å²) in [7, 11) is 0. The number of carbonyl (C=O) groups excluding carboxylic acids is 6. The number of unbranched alkanes of at least 4 members (excludes halogenated alkanes) is 2. The van der Waals surface area contributed by atoms with Crippen LogP contribution in [0, 0.1) is 0 Å². The first-order chi connectivity index (χ1) is 27.4. The molecule has 316 valence electrons. The van der Waals surface area contributed by atoms with Crippen LogP contribution in [0.1, 0.15) is 89.4 Å². The molecule has 0 bridgehead atoms. The Kier molecular flexibility index (Phi) is 22.8. The SMILES string of the molecule is CCCN(CC(=O)N(CC(N)=O)[C@@H](C)c1ccccc1)C(=O)CN(CCCCN)C(=O)CN(C(=O)CN(CCC)C(=O)CNCCCCN)[C@@H](C)c1ccccc1. The van der Waals surface area contributed by atoms with Gasteiger partial charge in [0.15, 0.2) is 0 Å². The number of nitrogens with two attached hydrogens (primary N) is 3. The fraction of sp³-hybridized carbons (Fsp3) is 0.571. The standard InChI is InChI=1S/C42H67N9O6/c1-5-24-47(38(53)27-46-23-15-13-21-43)30-42(57)51(34(4)36-19-11-8-12-20-36)32-40(55)49(26-16-14-22-44)29-39(54)48(25-6-2)31-41(56)50(28-37(45)52)33(3)35-17-9-7-10-18-35/h7-12,17-20,33-34,46H,5-6,13-16,21-32,43-44H2,1-4H3,(H2,45,52)/t33-,34-/m0/s1. The molecule has 7 N–H and O–H groups in total. The summed E-state index contributed by atoms with van der Waals surface area (Å²) in [6.45, 7) is 8.35. The number of primary amides is 1. The van der Waals surface area contributed by atoms with E-state index in [2.05, 4.69) is 5.32 Å². The molecule has 0 aliphatic carbocycles. The van der Waals surface area contributed by atoms with Crippen LogP contribution in [0.3, 0.4) is 0 Å². The maximum absolute atomic E-state index is 14.3. The highest BCUT2D eigenvalue weighted by atomic mass is 16.2. The molecule has 0 saturated carbocycles. The van der Waals surface area contributed by atoms with Gasteiger partial charge in [-0.2, -0.15) is 0 Å². The normalized spacial score (nSPS) is 12.0. The van der Waals surface area contributed by atoms with Crippen molar-refractivity contribution < 1.29 is 28.8 Å². The van der Waals surface area contributed by atoms with Crippen LogP contribution in [0.4, 0.5) is 0 Å². The van der Waals surface area contributed by atoms with Crippen molar-refractivity contribution in [3.05, 3.63) is 71.8 Å². The van der Waals surface area contributed by atoms with Crippen LogP contribution in [-0.2, 0) is 28.8 Å². The van der Waals surface area contributed by atoms with Crippen LogP contribution in [0.15, 0.2) is 60.7 Å². The maximum atomic E-state index is 14.3. The predicted molar refractivity (Wildman–Crippen MR) is 222 cm³/mol. The number of rotatable bonds is 28. The summed E-state index contributed by atoms with van der Waals surface area (Å²) < 4.78 is 0. The van der Waals surface area contributed by atoms with Crippen molar-refractivity contribution in [1.29, 1.82) is 0 Å². The van der Waals surface area contributed by atoms with Crippen LogP contribution in [0.25, 0.3) is 0 Å². The Balaban J connectivity index is 2.36. The summed E-state index contributed by atoms with van der Waals surface area (Å²) in [6.07, 6.45) is 3.97. The second kappa shape index (κ2) is 26.9. The predicted octanol–water partition coefficient (Wildman–Crippen LogP) is 2.02. The van der Waals surface area contributed by atoms with E-state index >= 15 is 0 Å². The third-order valence-electron chi connectivity index (χ3n) is 9.76. The fourth-order valence-electron chi connectivity index (χ4n) is 6.45. The summed E-state index contributed by atoms with van der Waals surface area (Å²) >= 11 is 0. The zero-order chi connectivity index (χ0) is 42.2. The molecule has 15 heteroatoms. The number of carbonyl (C=O) groups is 6. The average Bonchev–Trinajstić information content (AvgIpc) is 3.20. The van der Waals surface area contributed by atoms with E-state index < -0.39 is 41.6 Å². The first-order valence-electron chi connectivity index (χ1n) is 20.3. The van der Waals surface area contributed by atoms with Crippen molar-refractivity contribution in [3.63, 3.8) is 0 Å². The number of hydrogen-bond donors (Lipinski definition) is 4. The van der Waals surface area contributed by atoms with E-state index in [1.165, 1.54) is 24.5 Å². The van der Waals surface area contributed by atoms with Crippen LogP contribution in [-0.4, -0.2) is 138 Å². The summed E-state index contributed by atoms with van der Waals surface area (Å²) in [6, 6.07) is 17.5. The highest BCUT2D eigenvalue weighted by Gasteiger charge is 2.31. The maximum Gasteiger partial charge on any atom is 0.243 e. The van der Waals surface area contributed by atoms with Crippen LogP contribution < -0.4 is 22.5 Å². The Hall–Kier alpha value is -4.86. The molecule has 15 nitrogen and oxygen atoms in total. The van der Waals surface area contributed by atoms with Gasteiger partial charge in [0.25, 0.3) is 0 Å². The minimum Gasteiger partial charge on any atom is -0.368 e. The minimum absolute atomic E-state index is 0.0737. The van der Waals surface area contributed by atoms with Gasteiger partial charge in [0.05, 0.1) is 44.8 Å². The number of nitrogens with zero attached hydrogens (tertiary/aromatic N) is 5. The Morgan fingerprint density at radius 1 is 0.544 bits per heavy atom. The lowest BCUT2D eigenvalue weighted by Gasteiger charge is -2.34. The number of benzene rings is 2. The van der Waals surface area contributed by atoms with Gasteiger partial charge in [-0.05, 0) is 83.1 Å². The van der Waals surface area contributed by atoms with E-state index in [-0.39, 0.29) is 58.3 Å². The molecule has 0 aliphatic heterocycles. The zero-order valence-electron chi connectivity index (χ0n) is 34.6. The highest BCUT2D eigenvalue weighted by Crippen LogP contribution is 2.22. The van der Waals surface area contributed by atoms with E-state index in [4.69, 9.17) is 17.2 Å². The smallest absolute Gasteiger partial charge is 0.243 e. The minimum atomic E-state index is -0.683. The first kappa shape index (κ1) is 48.3. The molecule has 0 unspecified atom stereocenters. The Labute approximate surface area is 339 Å². The summed E-state index contributed by atoms with van der Waals surface area (Å²) in [4.78, 5) is 88.7. The lowest BCUT2D eigenvalue weighted by atomic mass is 10.1. The van der Waals surface area contributed by atoms with Gasteiger partial charge in [-0.25, -0.2) is 0 Å². The number of amides is 6. The fourth-order valence-corrected chi connectivity index (χ4v) is 6.45. The molecular formula is C42H67N9O6. The van der Waals surface area contributed by atoms with E-state index in [9.17, 15) is 28.8 Å². The van der Waals surface area contributed by atoms with Crippen LogP contribution >= 0.6 is 0 Å². The molecule has 2 atom stereocenters. The van der Waals surface area contributed by atoms with Gasteiger partial charge in [0, 0.05) is 19.6 Å². The molecule has 6 amide bonds. The largest absolute Gasteiger partial charge is 0.368 e. The topological polar surface area (TPSA) is 209 Å². The van der Waals surface area contributed by atoms with Gasteiger partial charge in [-0.3, -0.25) is 28.8 Å². The third kappa shape index (κ3) is 17.0. The van der Waals surface area contributed by atoms with Gasteiger partial charge >= 0.3 is 0 Å². The molecule has 57 heavy (non-hydrogen) atoms. The van der Waals surface area contributed by atoms with Crippen molar-refractivity contribution in [3.8, 4) is 0 Å². The van der Waals surface area contributed by atoms with E-state index in [0.29, 0.717) is 51.9 Å². The summed E-state index contributed by atoms with van der Waals surface area (Å²) in [5.74, 6) is -2.68. The molecule has 0 saturated heterocycles. The number of hydrogen-bond acceptors (Lipinski definition) is 9. The lowest BCUT2D eigenvalue weighted by Crippen LogP contribution is -2.52. The summed E-state index contributed by atoms with van der Waals surface area (Å²) in [5, 5.41) is 3.13. The molecule has 0 spiro atoms. The van der Waals surface area contributed by atoms with E-state index in [1.807, 2.05) is 81.4 Å². The molecule has 0 aliphatic rings. The van der Waals surface area contributed by atoms with Gasteiger partial charge in [0.1, 0.15) is 6.54 Å². The summed E-state index contributed by atoms with van der Waals surface area (Å²) in [5.41, 5.74) is 18.5. The van der Waals surface area contributed by atoms with Crippen molar-refractivity contribution >= 4 is 35.4 Å². The lowest BCUT2D eigenvalue weighted by molar-refractivity contribution is -0.148. The van der Waals surface area contributed by atoms with Crippen LogP contribution in [0.5, 0.6) is 0 Å². The van der Waals surface area contributed by atoms with Crippen molar-refractivity contribution in [1.82, 2.24) is 29.8 Å². The van der Waals surface area contributed by atoms with Gasteiger partial charge < -0.3 is 47.0 Å². The van der Waals surface area contributed by atoms with Gasteiger partial charge in [0.2, 0.25) is 35.4 Å². The molecule has 0 heterocycles. The second-order valence-electron chi connectivity index (χ2n) is 14.3. The second-order valence-corrected chi connectivity index (χ2v) is 14.3. The quantitative estimate of drug-likeness (QED) is 0.0929.